The molecule has 2 rings (SSSR count). The lowest BCUT2D eigenvalue weighted by atomic mass is 10.2. The first kappa shape index (κ1) is 13.7. The van der Waals surface area contributed by atoms with Crippen molar-refractivity contribution in [3.8, 4) is 0 Å². The summed E-state index contributed by atoms with van der Waals surface area (Å²) in [6.45, 7) is 2.91. The highest BCUT2D eigenvalue weighted by atomic mass is 79.9. The second kappa shape index (κ2) is 5.93. The topological polar surface area (TPSA) is 36.4 Å². The minimum Gasteiger partial charge on any atom is -0.353 e. The van der Waals surface area contributed by atoms with E-state index in [1.807, 2.05) is 18.2 Å². The first-order valence-electron chi connectivity index (χ1n) is 6.01. The van der Waals surface area contributed by atoms with Gasteiger partial charge in [0.1, 0.15) is 0 Å². The lowest BCUT2D eigenvalue weighted by Gasteiger charge is -2.12. The van der Waals surface area contributed by atoms with Crippen LogP contribution in [0.25, 0.3) is 0 Å². The lowest BCUT2D eigenvalue weighted by Crippen LogP contribution is -2.38. The van der Waals surface area contributed by atoms with Crippen LogP contribution in [-0.4, -0.2) is 19.0 Å². The molecule has 0 radical (unpaired) electrons. The molecule has 0 heterocycles. The maximum Gasteiger partial charge on any atom is 0.191 e. The highest BCUT2D eigenvalue weighted by Crippen LogP contribution is 2.28. The number of hydrogen-bond donors (Lipinski definition) is 2. The molecule has 18 heavy (non-hydrogen) atoms. The second-order valence-electron chi connectivity index (χ2n) is 4.63. The summed E-state index contributed by atoms with van der Waals surface area (Å²) in [6.07, 6.45) is 1.22. The van der Waals surface area contributed by atoms with E-state index < -0.39 is 0 Å². The summed E-state index contributed by atoms with van der Waals surface area (Å²) < 4.78 is 0.991. The van der Waals surface area contributed by atoms with Gasteiger partial charge in [-0.3, -0.25) is 4.99 Å². The standard InChI is InChI=1S/C13H17BrClN3/c1-8-5-12(8)18-13(16-2)17-7-9-3-4-10(14)6-11(9)15/h3-4,6,8,12H,5,7H2,1-2H3,(H2,16,17,18). The second-order valence-corrected chi connectivity index (χ2v) is 5.95. The summed E-state index contributed by atoms with van der Waals surface area (Å²) in [5, 5.41) is 7.41. The number of guanidine groups is 1. The van der Waals surface area contributed by atoms with Crippen LogP contribution in [0, 0.1) is 5.92 Å². The average molecular weight is 331 g/mol. The van der Waals surface area contributed by atoms with Gasteiger partial charge >= 0.3 is 0 Å². The van der Waals surface area contributed by atoms with Gasteiger partial charge in [-0.25, -0.2) is 0 Å². The smallest absolute Gasteiger partial charge is 0.191 e. The molecule has 1 aromatic rings. The monoisotopic (exact) mass is 329 g/mol. The SMILES string of the molecule is CN=C(NCc1ccc(Br)cc1Cl)NC1CC1C. The Hall–Kier alpha value is -0.740. The van der Waals surface area contributed by atoms with Gasteiger partial charge in [-0.05, 0) is 30.0 Å². The number of nitrogens with one attached hydrogen (secondary N) is 2. The Balaban J connectivity index is 1.89. The third-order valence-electron chi connectivity index (χ3n) is 3.12. The van der Waals surface area contributed by atoms with E-state index in [2.05, 4.69) is 38.5 Å². The first-order chi connectivity index (χ1) is 8.60. The largest absolute Gasteiger partial charge is 0.353 e. The van der Waals surface area contributed by atoms with Gasteiger partial charge in [0.05, 0.1) is 0 Å². The van der Waals surface area contributed by atoms with Crippen molar-refractivity contribution in [1.82, 2.24) is 10.6 Å². The van der Waals surface area contributed by atoms with E-state index in [0.29, 0.717) is 12.6 Å². The van der Waals surface area contributed by atoms with Gasteiger partial charge in [-0.2, -0.15) is 0 Å². The van der Waals surface area contributed by atoms with Gasteiger partial charge in [-0.15, -0.1) is 0 Å². The molecule has 0 amide bonds. The molecular weight excluding hydrogens is 314 g/mol. The summed E-state index contributed by atoms with van der Waals surface area (Å²) in [4.78, 5) is 4.21. The molecular formula is C13H17BrClN3. The molecule has 5 heteroatoms. The molecule has 1 saturated carbocycles. The van der Waals surface area contributed by atoms with E-state index >= 15 is 0 Å². The van der Waals surface area contributed by atoms with Crippen molar-refractivity contribution in [3.05, 3.63) is 33.3 Å². The Morgan fingerprint density at radius 2 is 2.28 bits per heavy atom. The van der Waals surface area contributed by atoms with E-state index in [-0.39, 0.29) is 0 Å². The highest BCUT2D eigenvalue weighted by Gasteiger charge is 2.33. The fraction of sp³-hybridized carbons (Fsp3) is 0.462. The molecule has 1 fully saturated rings. The van der Waals surface area contributed by atoms with Gasteiger partial charge < -0.3 is 10.6 Å². The van der Waals surface area contributed by atoms with Crippen molar-refractivity contribution in [2.45, 2.75) is 25.9 Å². The predicted molar refractivity (Wildman–Crippen MR) is 80.1 cm³/mol. The Morgan fingerprint density at radius 1 is 1.56 bits per heavy atom. The Labute approximate surface area is 121 Å². The Bertz CT molecular complexity index is 462. The van der Waals surface area contributed by atoms with Crippen LogP contribution in [0.3, 0.4) is 0 Å². The van der Waals surface area contributed by atoms with Gasteiger partial charge in [0.25, 0.3) is 0 Å². The molecule has 1 aromatic carbocycles. The van der Waals surface area contributed by atoms with E-state index in [4.69, 9.17) is 11.6 Å². The van der Waals surface area contributed by atoms with Crippen LogP contribution >= 0.6 is 27.5 Å². The average Bonchev–Trinajstić information content (AvgIpc) is 3.02. The lowest BCUT2D eigenvalue weighted by molar-refractivity contribution is 0.763. The fourth-order valence-corrected chi connectivity index (χ4v) is 2.48. The minimum absolute atomic E-state index is 0.566. The van der Waals surface area contributed by atoms with Crippen molar-refractivity contribution in [2.75, 3.05) is 7.05 Å². The number of aliphatic imine (C=N–C) groups is 1. The van der Waals surface area contributed by atoms with Gasteiger partial charge in [0.2, 0.25) is 0 Å². The van der Waals surface area contributed by atoms with E-state index in [1.165, 1.54) is 6.42 Å². The number of hydrogen-bond acceptors (Lipinski definition) is 1. The van der Waals surface area contributed by atoms with Crippen molar-refractivity contribution in [3.63, 3.8) is 0 Å². The summed E-state index contributed by atoms with van der Waals surface area (Å²) in [7, 11) is 1.78. The van der Waals surface area contributed by atoms with Gasteiger partial charge in [-0.1, -0.05) is 40.5 Å². The van der Waals surface area contributed by atoms with Crippen LogP contribution in [0.2, 0.25) is 5.02 Å². The number of nitrogens with zero attached hydrogens (tertiary/aromatic N) is 1. The zero-order valence-corrected chi connectivity index (χ0v) is 12.8. The summed E-state index contributed by atoms with van der Waals surface area (Å²) in [5.41, 5.74) is 1.06. The minimum atomic E-state index is 0.566. The molecule has 0 bridgehead atoms. The van der Waals surface area contributed by atoms with Crippen LogP contribution in [0.15, 0.2) is 27.7 Å². The zero-order chi connectivity index (χ0) is 13.1. The molecule has 1 aliphatic rings. The van der Waals surface area contributed by atoms with Crippen molar-refractivity contribution < 1.29 is 0 Å². The molecule has 98 valence electrons. The molecule has 0 saturated heterocycles. The Kier molecular flexibility index (Phi) is 4.51. The highest BCUT2D eigenvalue weighted by molar-refractivity contribution is 9.10. The molecule has 2 N–H and O–H groups in total. The third kappa shape index (κ3) is 3.62. The number of benzene rings is 1. The molecule has 2 unspecified atom stereocenters. The van der Waals surface area contributed by atoms with Gasteiger partial charge in [0.15, 0.2) is 5.96 Å². The number of halogens is 2. The van der Waals surface area contributed by atoms with Crippen molar-refractivity contribution in [1.29, 1.82) is 0 Å². The van der Waals surface area contributed by atoms with Crippen LogP contribution in [-0.2, 0) is 6.54 Å². The normalized spacial score (nSPS) is 22.8. The molecule has 0 aromatic heterocycles. The van der Waals surface area contributed by atoms with Crippen LogP contribution in [0.5, 0.6) is 0 Å². The quantitative estimate of drug-likeness (QED) is 0.660. The van der Waals surface area contributed by atoms with Crippen LogP contribution < -0.4 is 10.6 Å². The maximum absolute atomic E-state index is 6.17. The molecule has 1 aliphatic carbocycles. The summed E-state index contributed by atoms with van der Waals surface area (Å²) >= 11 is 9.56. The summed E-state index contributed by atoms with van der Waals surface area (Å²) in [6, 6.07) is 6.46. The predicted octanol–water partition coefficient (Wildman–Crippen LogP) is 3.18. The van der Waals surface area contributed by atoms with Crippen molar-refractivity contribution >= 4 is 33.5 Å². The molecule has 2 atom stereocenters. The zero-order valence-electron chi connectivity index (χ0n) is 10.5. The maximum atomic E-state index is 6.17. The first-order valence-corrected chi connectivity index (χ1v) is 7.18. The number of rotatable bonds is 3. The molecule has 0 spiro atoms. The molecule has 0 aliphatic heterocycles. The third-order valence-corrected chi connectivity index (χ3v) is 3.96. The van der Waals surface area contributed by atoms with Crippen molar-refractivity contribution in [2.24, 2.45) is 10.9 Å². The van der Waals surface area contributed by atoms with E-state index in [9.17, 15) is 0 Å². The van der Waals surface area contributed by atoms with E-state index in [0.717, 1.165) is 26.9 Å². The van der Waals surface area contributed by atoms with E-state index in [1.54, 1.807) is 7.05 Å². The Morgan fingerprint density at radius 3 is 2.83 bits per heavy atom. The van der Waals surface area contributed by atoms with Crippen LogP contribution in [0.4, 0.5) is 0 Å². The fourth-order valence-electron chi connectivity index (χ4n) is 1.74. The molecule has 3 nitrogen and oxygen atoms in total. The van der Waals surface area contributed by atoms with Gasteiger partial charge in [0, 0.05) is 29.1 Å². The summed E-state index contributed by atoms with van der Waals surface area (Å²) in [5.74, 6) is 1.59. The van der Waals surface area contributed by atoms with Crippen LogP contribution in [0.1, 0.15) is 18.9 Å².